The van der Waals surface area contributed by atoms with E-state index >= 15 is 0 Å². The predicted octanol–water partition coefficient (Wildman–Crippen LogP) is 5.09. The zero-order valence-corrected chi connectivity index (χ0v) is 24.4. The Balaban J connectivity index is 2.41. The molecule has 7 nitrogen and oxygen atoms in total. The maximum atomic E-state index is 13.6. The van der Waals surface area contributed by atoms with Crippen LogP contribution in [0.1, 0.15) is 38.7 Å². The van der Waals surface area contributed by atoms with Crippen LogP contribution in [-0.4, -0.2) is 50.5 Å². The molecule has 0 aromatic heterocycles. The number of sulfonamides is 1. The molecule has 0 spiro atoms. The van der Waals surface area contributed by atoms with Crippen molar-refractivity contribution in [1.29, 1.82) is 0 Å². The third kappa shape index (κ3) is 8.80. The van der Waals surface area contributed by atoms with Crippen LogP contribution in [0.5, 0.6) is 0 Å². The van der Waals surface area contributed by atoms with E-state index in [-0.39, 0.29) is 12.5 Å². The molecular weight excluding hydrogens is 624 g/mol. The third-order valence-electron chi connectivity index (χ3n) is 5.35. The zero-order chi connectivity index (χ0) is 26.2. The Labute approximate surface area is 231 Å². The molecule has 2 amide bonds. The maximum Gasteiger partial charge on any atom is 0.244 e. The molecule has 1 N–H and O–H groups in total. The average Bonchev–Trinajstić information content (AvgIpc) is 2.79. The van der Waals surface area contributed by atoms with Crippen molar-refractivity contribution in [1.82, 2.24) is 10.2 Å². The molecule has 11 heteroatoms. The van der Waals surface area contributed by atoms with Crippen LogP contribution >= 0.6 is 45.8 Å². The van der Waals surface area contributed by atoms with E-state index in [0.29, 0.717) is 34.3 Å². The Morgan fingerprint density at radius 1 is 1.06 bits per heavy atom. The van der Waals surface area contributed by atoms with Crippen LogP contribution in [0.25, 0.3) is 0 Å². The van der Waals surface area contributed by atoms with E-state index in [1.807, 2.05) is 13.8 Å². The lowest BCUT2D eigenvalue weighted by atomic mass is 10.1. The van der Waals surface area contributed by atoms with E-state index in [1.54, 1.807) is 42.5 Å². The largest absolute Gasteiger partial charge is 0.354 e. The Morgan fingerprint density at radius 2 is 1.71 bits per heavy atom. The van der Waals surface area contributed by atoms with Crippen molar-refractivity contribution in [2.45, 2.75) is 45.7 Å². The summed E-state index contributed by atoms with van der Waals surface area (Å²) in [5.41, 5.74) is 1.05. The molecule has 0 bridgehead atoms. The third-order valence-corrected chi connectivity index (χ3v) is 7.94. The normalized spacial score (nSPS) is 12.2. The Hall–Kier alpha value is -1.56. The zero-order valence-electron chi connectivity index (χ0n) is 19.9. The highest BCUT2D eigenvalue weighted by molar-refractivity contribution is 14.1. The minimum atomic E-state index is -3.77. The van der Waals surface area contributed by atoms with Gasteiger partial charge in [0.15, 0.2) is 0 Å². The number of nitrogens with one attached hydrogen (secondary N) is 1. The number of rotatable bonds is 12. The molecule has 0 saturated carbocycles. The number of unbranched alkanes of at least 4 members (excludes halogenated alkanes) is 1. The second-order valence-electron chi connectivity index (χ2n) is 8.08. The summed E-state index contributed by atoms with van der Waals surface area (Å²) in [6.45, 7) is 3.96. The standard InChI is InChI=1S/C24H30Cl2IN3O4S/c1-4-6-13-28-24(32)22(5-2)29(15-17-7-12-20(25)21(26)14-17)23(31)16-30(35(3,33)34)19-10-8-18(27)9-11-19/h7-12,14,22H,4-6,13,15-16H2,1-3H3,(H,28,32)/t22-/m1/s1. The molecule has 2 rings (SSSR count). The summed E-state index contributed by atoms with van der Waals surface area (Å²) < 4.78 is 27.2. The molecule has 0 aliphatic carbocycles. The number of nitrogens with zero attached hydrogens (tertiary/aromatic N) is 2. The molecule has 0 heterocycles. The molecule has 2 aromatic rings. The van der Waals surface area contributed by atoms with Crippen LogP contribution in [-0.2, 0) is 26.2 Å². The van der Waals surface area contributed by atoms with Gasteiger partial charge in [-0.2, -0.15) is 0 Å². The van der Waals surface area contributed by atoms with Gasteiger partial charge >= 0.3 is 0 Å². The SMILES string of the molecule is CCCCNC(=O)[C@@H](CC)N(Cc1ccc(Cl)c(Cl)c1)C(=O)CN(c1ccc(I)cc1)S(C)(=O)=O. The van der Waals surface area contributed by atoms with Crippen molar-refractivity contribution < 1.29 is 18.0 Å². The monoisotopic (exact) mass is 653 g/mol. The summed E-state index contributed by atoms with van der Waals surface area (Å²) in [6, 6.07) is 11.0. The number of carbonyl (C=O) groups is 2. The van der Waals surface area contributed by atoms with Crippen LogP contribution in [0.2, 0.25) is 10.0 Å². The summed E-state index contributed by atoms with van der Waals surface area (Å²) >= 11 is 14.3. The topological polar surface area (TPSA) is 86.8 Å². The second kappa shape index (κ2) is 13.7. The first-order valence-electron chi connectivity index (χ1n) is 11.2. The second-order valence-corrected chi connectivity index (χ2v) is 12.1. The van der Waals surface area contributed by atoms with Crippen LogP contribution in [0.3, 0.4) is 0 Å². The average molecular weight is 654 g/mol. The summed E-state index contributed by atoms with van der Waals surface area (Å²) in [7, 11) is -3.77. The van der Waals surface area contributed by atoms with E-state index in [4.69, 9.17) is 23.2 Å². The summed E-state index contributed by atoms with van der Waals surface area (Å²) in [5.74, 6) is -0.785. The minimum absolute atomic E-state index is 0.0692. The number of amides is 2. The van der Waals surface area contributed by atoms with Crippen molar-refractivity contribution in [3.05, 3.63) is 61.6 Å². The van der Waals surface area contributed by atoms with Crippen LogP contribution in [0.4, 0.5) is 5.69 Å². The summed E-state index contributed by atoms with van der Waals surface area (Å²) in [6.07, 6.45) is 3.14. The van der Waals surface area contributed by atoms with Gasteiger partial charge in [-0.1, -0.05) is 49.5 Å². The smallest absolute Gasteiger partial charge is 0.244 e. The predicted molar refractivity (Wildman–Crippen MR) is 150 cm³/mol. The Morgan fingerprint density at radius 3 is 2.26 bits per heavy atom. The molecule has 2 aromatic carbocycles. The first-order chi connectivity index (χ1) is 16.5. The van der Waals surface area contributed by atoms with E-state index in [2.05, 4.69) is 27.9 Å². The lowest BCUT2D eigenvalue weighted by Crippen LogP contribution is -2.52. The Kier molecular flexibility index (Phi) is 11.6. The molecule has 0 fully saturated rings. The fraction of sp³-hybridized carbons (Fsp3) is 0.417. The molecule has 1 atom stereocenters. The summed E-state index contributed by atoms with van der Waals surface area (Å²) in [5, 5.41) is 3.59. The number of hydrogen-bond donors (Lipinski definition) is 1. The van der Waals surface area contributed by atoms with Gasteiger partial charge in [-0.05, 0) is 77.4 Å². The highest BCUT2D eigenvalue weighted by atomic mass is 127. The van der Waals surface area contributed by atoms with Crippen molar-refractivity contribution in [2.24, 2.45) is 0 Å². The fourth-order valence-corrected chi connectivity index (χ4v) is 5.01. The van der Waals surface area contributed by atoms with Gasteiger partial charge < -0.3 is 10.2 Å². The van der Waals surface area contributed by atoms with E-state index in [9.17, 15) is 18.0 Å². The lowest BCUT2D eigenvalue weighted by Gasteiger charge is -2.33. The van der Waals surface area contributed by atoms with Gasteiger partial charge in [0, 0.05) is 16.7 Å². The van der Waals surface area contributed by atoms with E-state index < -0.39 is 28.5 Å². The van der Waals surface area contributed by atoms with Gasteiger partial charge in [0.25, 0.3) is 0 Å². The molecule has 0 radical (unpaired) electrons. The molecule has 0 saturated heterocycles. The number of benzene rings is 2. The van der Waals surface area contributed by atoms with Crippen molar-refractivity contribution in [2.75, 3.05) is 23.7 Å². The molecule has 192 valence electrons. The minimum Gasteiger partial charge on any atom is -0.354 e. The quantitative estimate of drug-likeness (QED) is 0.256. The number of halogens is 3. The van der Waals surface area contributed by atoms with Gasteiger partial charge in [0.05, 0.1) is 22.0 Å². The van der Waals surface area contributed by atoms with E-state index in [0.717, 1.165) is 27.0 Å². The maximum absolute atomic E-state index is 13.6. The van der Waals surface area contributed by atoms with Gasteiger partial charge in [-0.15, -0.1) is 0 Å². The van der Waals surface area contributed by atoms with Crippen molar-refractivity contribution >= 4 is 73.3 Å². The fourth-order valence-electron chi connectivity index (χ4n) is 3.48. The first-order valence-corrected chi connectivity index (χ1v) is 14.9. The van der Waals surface area contributed by atoms with E-state index in [1.165, 1.54) is 4.90 Å². The molecule has 0 aliphatic rings. The number of anilines is 1. The number of carbonyl (C=O) groups excluding carboxylic acids is 2. The van der Waals surface area contributed by atoms with Crippen molar-refractivity contribution in [3.63, 3.8) is 0 Å². The lowest BCUT2D eigenvalue weighted by molar-refractivity contribution is -0.140. The summed E-state index contributed by atoms with van der Waals surface area (Å²) in [4.78, 5) is 28.0. The van der Waals surface area contributed by atoms with Crippen LogP contribution in [0, 0.1) is 3.57 Å². The molecule has 0 aliphatic heterocycles. The molecule has 0 unspecified atom stereocenters. The highest BCUT2D eigenvalue weighted by Gasteiger charge is 2.31. The molecular formula is C24H30Cl2IN3O4S. The van der Waals surface area contributed by atoms with Crippen LogP contribution < -0.4 is 9.62 Å². The number of hydrogen-bond acceptors (Lipinski definition) is 4. The molecule has 35 heavy (non-hydrogen) atoms. The first kappa shape index (κ1) is 29.7. The van der Waals surface area contributed by atoms with Gasteiger partial charge in [-0.3, -0.25) is 13.9 Å². The van der Waals surface area contributed by atoms with Crippen LogP contribution in [0.15, 0.2) is 42.5 Å². The van der Waals surface area contributed by atoms with Gasteiger partial charge in [0.1, 0.15) is 12.6 Å². The van der Waals surface area contributed by atoms with Crippen molar-refractivity contribution in [3.8, 4) is 0 Å². The van der Waals surface area contributed by atoms with Gasteiger partial charge in [0.2, 0.25) is 21.8 Å². The highest BCUT2D eigenvalue weighted by Crippen LogP contribution is 2.25. The Bertz CT molecular complexity index is 1130. The van der Waals surface area contributed by atoms with Gasteiger partial charge in [-0.25, -0.2) is 8.42 Å².